The number of rotatable bonds is 5. The van der Waals surface area contributed by atoms with Gasteiger partial charge in [-0.15, -0.1) is 0 Å². The van der Waals surface area contributed by atoms with Gasteiger partial charge in [-0.25, -0.2) is 4.98 Å². The molecular formula is C43H28N2O. The number of para-hydroxylation sites is 2. The number of hydrogen-bond acceptors (Lipinski definition) is 3. The number of fused-ring (bicyclic) bond motifs is 6. The van der Waals surface area contributed by atoms with Gasteiger partial charge in [0.25, 0.3) is 0 Å². The van der Waals surface area contributed by atoms with Crippen molar-refractivity contribution in [3.8, 4) is 22.6 Å². The molecule has 0 radical (unpaired) electrons. The Morgan fingerprint density at radius 1 is 0.435 bits per heavy atom. The second kappa shape index (κ2) is 10.8. The van der Waals surface area contributed by atoms with Crippen molar-refractivity contribution in [1.82, 2.24) is 4.98 Å². The molecule has 9 aromatic rings. The number of hydrogen-bond donors (Lipinski definition) is 0. The van der Waals surface area contributed by atoms with Crippen molar-refractivity contribution in [3.05, 3.63) is 170 Å². The molecule has 0 N–H and O–H groups in total. The van der Waals surface area contributed by atoms with Crippen LogP contribution >= 0.6 is 0 Å². The van der Waals surface area contributed by atoms with Crippen LogP contribution < -0.4 is 4.90 Å². The van der Waals surface area contributed by atoms with Gasteiger partial charge in [-0.3, -0.25) is 0 Å². The van der Waals surface area contributed by atoms with Gasteiger partial charge in [0.2, 0.25) is 5.89 Å². The van der Waals surface area contributed by atoms with E-state index in [1.807, 2.05) is 30.3 Å². The monoisotopic (exact) mass is 588 g/mol. The molecule has 216 valence electrons. The maximum Gasteiger partial charge on any atom is 0.227 e. The molecule has 8 aromatic carbocycles. The van der Waals surface area contributed by atoms with Crippen LogP contribution in [0.3, 0.4) is 0 Å². The van der Waals surface area contributed by atoms with Gasteiger partial charge in [0.15, 0.2) is 5.58 Å². The summed E-state index contributed by atoms with van der Waals surface area (Å²) >= 11 is 0. The molecule has 1 aromatic heterocycles. The quantitative estimate of drug-likeness (QED) is 0.187. The number of aromatic nitrogens is 1. The normalized spacial score (nSPS) is 11.5. The molecule has 0 aliphatic heterocycles. The number of benzene rings is 8. The Morgan fingerprint density at radius 2 is 1.09 bits per heavy atom. The van der Waals surface area contributed by atoms with Crippen molar-refractivity contribution >= 4 is 60.5 Å². The molecule has 0 bridgehead atoms. The van der Waals surface area contributed by atoms with E-state index < -0.39 is 0 Å². The maximum absolute atomic E-state index is 6.37. The summed E-state index contributed by atoms with van der Waals surface area (Å²) in [6.45, 7) is 0. The van der Waals surface area contributed by atoms with Gasteiger partial charge < -0.3 is 9.32 Å². The first-order chi connectivity index (χ1) is 22.8. The van der Waals surface area contributed by atoms with E-state index in [-0.39, 0.29) is 0 Å². The molecule has 0 amide bonds. The van der Waals surface area contributed by atoms with Crippen LogP contribution in [0.4, 0.5) is 17.1 Å². The molecule has 46 heavy (non-hydrogen) atoms. The summed E-state index contributed by atoms with van der Waals surface area (Å²) in [5.41, 5.74) is 8.26. The molecule has 3 nitrogen and oxygen atoms in total. The van der Waals surface area contributed by atoms with E-state index >= 15 is 0 Å². The molecule has 1 heterocycles. The predicted molar refractivity (Wildman–Crippen MR) is 192 cm³/mol. The minimum absolute atomic E-state index is 0.626. The highest BCUT2D eigenvalue weighted by atomic mass is 16.3. The van der Waals surface area contributed by atoms with Crippen LogP contribution in [0.15, 0.2) is 174 Å². The van der Waals surface area contributed by atoms with Crippen molar-refractivity contribution in [2.24, 2.45) is 0 Å². The van der Waals surface area contributed by atoms with Crippen molar-refractivity contribution in [2.75, 3.05) is 4.90 Å². The van der Waals surface area contributed by atoms with E-state index in [9.17, 15) is 0 Å². The Bertz CT molecular complexity index is 2480. The lowest BCUT2D eigenvalue weighted by molar-refractivity contribution is 0.620. The SMILES string of the molecule is c1ccc(-c2nc3c(ccc4cc(-c5ccc6ccccc6c5)c5ccc(N(c6ccccc6)c6ccccc6)cc5c43)o2)cc1. The summed E-state index contributed by atoms with van der Waals surface area (Å²) in [6, 6.07) is 59.8. The minimum atomic E-state index is 0.626. The zero-order valence-corrected chi connectivity index (χ0v) is 25.0. The van der Waals surface area contributed by atoms with Gasteiger partial charge in [-0.1, -0.05) is 103 Å². The number of nitrogens with zero attached hydrogens (tertiary/aromatic N) is 2. The highest BCUT2D eigenvalue weighted by Gasteiger charge is 2.19. The van der Waals surface area contributed by atoms with Crippen LogP contribution in [0.1, 0.15) is 0 Å². The molecule has 0 aliphatic rings. The smallest absolute Gasteiger partial charge is 0.227 e. The van der Waals surface area contributed by atoms with Crippen LogP contribution in [-0.2, 0) is 0 Å². The van der Waals surface area contributed by atoms with Gasteiger partial charge in [0, 0.05) is 28.0 Å². The number of oxazole rings is 1. The lowest BCUT2D eigenvalue weighted by Crippen LogP contribution is -2.09. The Hall–Kier alpha value is -6.19. The maximum atomic E-state index is 6.37. The van der Waals surface area contributed by atoms with E-state index in [4.69, 9.17) is 9.40 Å². The molecule has 9 rings (SSSR count). The van der Waals surface area contributed by atoms with Gasteiger partial charge in [0.05, 0.1) is 0 Å². The average Bonchev–Trinajstić information content (AvgIpc) is 3.57. The lowest BCUT2D eigenvalue weighted by Gasteiger charge is -2.26. The van der Waals surface area contributed by atoms with Gasteiger partial charge >= 0.3 is 0 Å². The van der Waals surface area contributed by atoms with Crippen LogP contribution in [0.25, 0.3) is 66.0 Å². The highest BCUT2D eigenvalue weighted by Crippen LogP contribution is 2.43. The zero-order chi connectivity index (χ0) is 30.5. The van der Waals surface area contributed by atoms with Gasteiger partial charge in [0.1, 0.15) is 5.52 Å². The summed E-state index contributed by atoms with van der Waals surface area (Å²) in [7, 11) is 0. The Labute approximate surface area is 266 Å². The molecule has 0 saturated heterocycles. The molecule has 0 spiro atoms. The predicted octanol–water partition coefficient (Wildman–Crippen LogP) is 12.1. The molecular weight excluding hydrogens is 560 g/mol. The Balaban J connectivity index is 1.36. The third-order valence-corrected chi connectivity index (χ3v) is 8.82. The van der Waals surface area contributed by atoms with E-state index in [0.717, 1.165) is 49.9 Å². The first-order valence-electron chi connectivity index (χ1n) is 15.5. The molecule has 3 heteroatoms. The lowest BCUT2D eigenvalue weighted by atomic mass is 9.91. The molecule has 0 atom stereocenters. The van der Waals surface area contributed by atoms with E-state index in [1.165, 1.54) is 27.3 Å². The van der Waals surface area contributed by atoms with Crippen LogP contribution in [0.5, 0.6) is 0 Å². The zero-order valence-electron chi connectivity index (χ0n) is 25.0. The van der Waals surface area contributed by atoms with E-state index in [0.29, 0.717) is 5.89 Å². The topological polar surface area (TPSA) is 29.3 Å². The summed E-state index contributed by atoms with van der Waals surface area (Å²) in [5.74, 6) is 0.626. The summed E-state index contributed by atoms with van der Waals surface area (Å²) in [5, 5.41) is 6.98. The van der Waals surface area contributed by atoms with Crippen molar-refractivity contribution in [1.29, 1.82) is 0 Å². The molecule has 0 fully saturated rings. The summed E-state index contributed by atoms with van der Waals surface area (Å²) < 4.78 is 6.37. The standard InChI is InChI=1S/C43H28N2O/c1-4-13-30(14-5-1)43-44-42-40(46-43)25-22-33-27-38(32-21-20-29-12-10-11-15-31(29)26-32)37-24-23-36(28-39(37)41(33)42)45(34-16-6-2-7-17-34)35-18-8-3-9-19-35/h1-28H. The Kier molecular flexibility index (Phi) is 6.14. The number of anilines is 3. The van der Waals surface area contributed by atoms with E-state index in [2.05, 4.69) is 144 Å². The third-order valence-electron chi connectivity index (χ3n) is 8.82. The van der Waals surface area contributed by atoms with Crippen LogP contribution in [0.2, 0.25) is 0 Å². The average molecular weight is 589 g/mol. The Morgan fingerprint density at radius 3 is 1.83 bits per heavy atom. The van der Waals surface area contributed by atoms with Crippen LogP contribution in [0, 0.1) is 0 Å². The fourth-order valence-electron chi connectivity index (χ4n) is 6.66. The molecule has 0 saturated carbocycles. The molecule has 0 aliphatic carbocycles. The highest BCUT2D eigenvalue weighted by molar-refractivity contribution is 6.22. The summed E-state index contributed by atoms with van der Waals surface area (Å²) in [4.78, 5) is 7.43. The second-order valence-corrected chi connectivity index (χ2v) is 11.6. The first-order valence-corrected chi connectivity index (χ1v) is 15.5. The second-order valence-electron chi connectivity index (χ2n) is 11.6. The van der Waals surface area contributed by atoms with Crippen molar-refractivity contribution < 1.29 is 4.42 Å². The van der Waals surface area contributed by atoms with Crippen molar-refractivity contribution in [3.63, 3.8) is 0 Å². The van der Waals surface area contributed by atoms with Gasteiger partial charge in [-0.05, 0) is 105 Å². The largest absolute Gasteiger partial charge is 0.436 e. The van der Waals surface area contributed by atoms with Crippen molar-refractivity contribution in [2.45, 2.75) is 0 Å². The fraction of sp³-hybridized carbons (Fsp3) is 0. The minimum Gasteiger partial charge on any atom is -0.436 e. The van der Waals surface area contributed by atoms with E-state index in [1.54, 1.807) is 0 Å². The van der Waals surface area contributed by atoms with Gasteiger partial charge in [-0.2, -0.15) is 0 Å². The first kappa shape index (κ1) is 26.2. The third kappa shape index (κ3) is 4.41. The fourth-order valence-corrected chi connectivity index (χ4v) is 6.66. The molecule has 0 unspecified atom stereocenters. The summed E-state index contributed by atoms with van der Waals surface area (Å²) in [6.07, 6.45) is 0. The van der Waals surface area contributed by atoms with Crippen LogP contribution in [-0.4, -0.2) is 4.98 Å².